The summed E-state index contributed by atoms with van der Waals surface area (Å²) in [5.74, 6) is 1.82. The van der Waals surface area contributed by atoms with E-state index in [1.807, 2.05) is 12.1 Å². The molecule has 1 heteroatoms. The summed E-state index contributed by atoms with van der Waals surface area (Å²) in [6.07, 6.45) is 8.17. The van der Waals surface area contributed by atoms with Gasteiger partial charge in [-0.3, -0.25) is 0 Å². The van der Waals surface area contributed by atoms with Gasteiger partial charge in [-0.2, -0.15) is 0 Å². The van der Waals surface area contributed by atoms with Crippen LogP contribution in [0, 0.1) is 11.8 Å². The summed E-state index contributed by atoms with van der Waals surface area (Å²) in [5.41, 5.74) is 1.34. The Kier molecular flexibility index (Phi) is 4.29. The Bertz CT molecular complexity index is 332. The van der Waals surface area contributed by atoms with Crippen molar-refractivity contribution in [2.45, 2.75) is 45.4 Å². The van der Waals surface area contributed by atoms with Crippen LogP contribution in [0.4, 0.5) is 0 Å². The van der Waals surface area contributed by atoms with Crippen LogP contribution in [0.3, 0.4) is 0 Å². The minimum absolute atomic E-state index is 0.860. The molecule has 1 aliphatic carbocycles. The highest BCUT2D eigenvalue weighted by Gasteiger charge is 2.21. The average molecular weight is 237 g/mol. The molecule has 2 rings (SSSR count). The van der Waals surface area contributed by atoms with Crippen LogP contribution >= 0.6 is 11.6 Å². The molecule has 0 radical (unpaired) electrons. The molecule has 88 valence electrons. The number of rotatable bonds is 3. The largest absolute Gasteiger partial charge is 0.0840 e. The maximum absolute atomic E-state index is 6.21. The Labute approximate surface area is 104 Å². The highest BCUT2D eigenvalue weighted by Crippen LogP contribution is 2.34. The first kappa shape index (κ1) is 12.0. The van der Waals surface area contributed by atoms with Crippen LogP contribution in [0.1, 0.15) is 44.6 Å². The van der Waals surface area contributed by atoms with Crippen LogP contribution in [0.2, 0.25) is 5.02 Å². The normalized spacial score (nSPS) is 25.6. The van der Waals surface area contributed by atoms with Crippen LogP contribution in [0.5, 0.6) is 0 Å². The van der Waals surface area contributed by atoms with Crippen molar-refractivity contribution in [1.29, 1.82) is 0 Å². The number of benzene rings is 1. The molecule has 0 heterocycles. The highest BCUT2D eigenvalue weighted by molar-refractivity contribution is 6.31. The summed E-state index contributed by atoms with van der Waals surface area (Å²) in [4.78, 5) is 0. The first-order chi connectivity index (χ1) is 7.79. The topological polar surface area (TPSA) is 0 Å². The summed E-state index contributed by atoms with van der Waals surface area (Å²) in [6, 6.07) is 8.30. The fraction of sp³-hybridized carbons (Fsp3) is 0.600. The van der Waals surface area contributed by atoms with Gasteiger partial charge >= 0.3 is 0 Å². The van der Waals surface area contributed by atoms with E-state index in [1.54, 1.807) is 0 Å². The van der Waals surface area contributed by atoms with Crippen LogP contribution in [-0.2, 0) is 6.42 Å². The van der Waals surface area contributed by atoms with Crippen molar-refractivity contribution >= 4 is 11.6 Å². The first-order valence-corrected chi connectivity index (χ1v) is 6.90. The van der Waals surface area contributed by atoms with E-state index in [4.69, 9.17) is 11.6 Å². The van der Waals surface area contributed by atoms with Crippen LogP contribution < -0.4 is 0 Å². The molecule has 0 bridgehead atoms. The van der Waals surface area contributed by atoms with E-state index in [0.29, 0.717) is 0 Å². The predicted molar refractivity (Wildman–Crippen MR) is 70.9 cm³/mol. The lowest BCUT2D eigenvalue weighted by molar-refractivity contribution is 0.259. The molecule has 0 nitrogen and oxygen atoms in total. The Hall–Kier alpha value is -0.490. The zero-order chi connectivity index (χ0) is 11.4. The van der Waals surface area contributed by atoms with Gasteiger partial charge < -0.3 is 0 Å². The maximum Gasteiger partial charge on any atom is 0.0438 e. The quantitative estimate of drug-likeness (QED) is 0.685. The minimum Gasteiger partial charge on any atom is -0.0840 e. The van der Waals surface area contributed by atoms with Crippen molar-refractivity contribution < 1.29 is 0 Å². The molecular weight excluding hydrogens is 216 g/mol. The van der Waals surface area contributed by atoms with Gasteiger partial charge in [0.1, 0.15) is 0 Å². The van der Waals surface area contributed by atoms with Crippen molar-refractivity contribution in [1.82, 2.24) is 0 Å². The second-order valence-electron chi connectivity index (χ2n) is 5.10. The third-order valence-electron chi connectivity index (χ3n) is 3.94. The minimum atomic E-state index is 0.860. The molecule has 0 spiro atoms. The predicted octanol–water partition coefficient (Wildman–Crippen LogP) is 5.10. The molecule has 0 unspecified atom stereocenters. The molecule has 1 fully saturated rings. The SMILES string of the molecule is CC[C@@H]1CCC[C@H](Cc2ccccc2Cl)C1. The summed E-state index contributed by atoms with van der Waals surface area (Å²) in [6.45, 7) is 2.32. The second kappa shape index (κ2) is 5.72. The summed E-state index contributed by atoms with van der Waals surface area (Å²) in [5, 5.41) is 0.945. The van der Waals surface area contributed by atoms with Crippen molar-refractivity contribution in [3.05, 3.63) is 34.9 Å². The summed E-state index contributed by atoms with van der Waals surface area (Å²) in [7, 11) is 0. The molecule has 1 saturated carbocycles. The highest BCUT2D eigenvalue weighted by atomic mass is 35.5. The maximum atomic E-state index is 6.21. The van der Waals surface area contributed by atoms with Crippen molar-refractivity contribution in [2.24, 2.45) is 11.8 Å². The Morgan fingerprint density at radius 2 is 1.94 bits per heavy atom. The Morgan fingerprint density at radius 1 is 1.19 bits per heavy atom. The van der Waals surface area contributed by atoms with Gasteiger partial charge in [-0.05, 0) is 36.3 Å². The fourth-order valence-corrected chi connectivity index (χ4v) is 3.15. The van der Waals surface area contributed by atoms with E-state index >= 15 is 0 Å². The van der Waals surface area contributed by atoms with E-state index < -0.39 is 0 Å². The standard InChI is InChI=1S/C15H21Cl/c1-2-12-6-5-7-13(10-12)11-14-8-3-4-9-15(14)16/h3-4,8-9,12-13H,2,5-7,10-11H2,1H3/t12-,13+/m1/s1. The van der Waals surface area contributed by atoms with E-state index in [9.17, 15) is 0 Å². The first-order valence-electron chi connectivity index (χ1n) is 6.53. The lowest BCUT2D eigenvalue weighted by atomic mass is 9.78. The third kappa shape index (κ3) is 3.01. The fourth-order valence-electron chi connectivity index (χ4n) is 2.93. The molecule has 0 aliphatic heterocycles. The Morgan fingerprint density at radius 3 is 2.69 bits per heavy atom. The molecule has 16 heavy (non-hydrogen) atoms. The van der Waals surface area contributed by atoms with E-state index in [2.05, 4.69) is 19.1 Å². The van der Waals surface area contributed by atoms with Crippen molar-refractivity contribution in [3.63, 3.8) is 0 Å². The molecule has 0 amide bonds. The van der Waals surface area contributed by atoms with Crippen molar-refractivity contribution in [2.75, 3.05) is 0 Å². The van der Waals surface area contributed by atoms with E-state index in [-0.39, 0.29) is 0 Å². The zero-order valence-corrected chi connectivity index (χ0v) is 10.8. The number of halogens is 1. The molecule has 1 aliphatic rings. The molecule has 0 aromatic heterocycles. The lowest BCUT2D eigenvalue weighted by Gasteiger charge is -2.28. The van der Waals surface area contributed by atoms with E-state index in [1.165, 1.54) is 44.1 Å². The molecular formula is C15H21Cl. The van der Waals surface area contributed by atoms with Gasteiger partial charge in [-0.1, -0.05) is 62.4 Å². The van der Waals surface area contributed by atoms with Gasteiger partial charge in [0, 0.05) is 5.02 Å². The summed E-state index contributed by atoms with van der Waals surface area (Å²) >= 11 is 6.21. The molecule has 0 saturated heterocycles. The van der Waals surface area contributed by atoms with E-state index in [0.717, 1.165) is 16.9 Å². The molecule has 2 atom stereocenters. The smallest absolute Gasteiger partial charge is 0.0438 e. The van der Waals surface area contributed by atoms with Gasteiger partial charge in [-0.15, -0.1) is 0 Å². The second-order valence-corrected chi connectivity index (χ2v) is 5.51. The van der Waals surface area contributed by atoms with Crippen LogP contribution in [0.25, 0.3) is 0 Å². The van der Waals surface area contributed by atoms with Gasteiger partial charge in [0.2, 0.25) is 0 Å². The summed E-state index contributed by atoms with van der Waals surface area (Å²) < 4.78 is 0. The molecule has 0 N–H and O–H groups in total. The van der Waals surface area contributed by atoms with Crippen LogP contribution in [-0.4, -0.2) is 0 Å². The number of hydrogen-bond donors (Lipinski definition) is 0. The van der Waals surface area contributed by atoms with Gasteiger partial charge in [0.25, 0.3) is 0 Å². The van der Waals surface area contributed by atoms with Crippen molar-refractivity contribution in [3.8, 4) is 0 Å². The van der Waals surface area contributed by atoms with Gasteiger partial charge in [0.15, 0.2) is 0 Å². The molecule has 1 aromatic rings. The monoisotopic (exact) mass is 236 g/mol. The Balaban J connectivity index is 1.97. The third-order valence-corrected chi connectivity index (χ3v) is 4.30. The average Bonchev–Trinajstić information content (AvgIpc) is 2.32. The van der Waals surface area contributed by atoms with Gasteiger partial charge in [-0.25, -0.2) is 0 Å². The molecule has 1 aromatic carbocycles. The number of hydrogen-bond acceptors (Lipinski definition) is 0. The van der Waals surface area contributed by atoms with Crippen LogP contribution in [0.15, 0.2) is 24.3 Å². The lowest BCUT2D eigenvalue weighted by Crippen LogP contribution is -2.17. The zero-order valence-electron chi connectivity index (χ0n) is 10.1. The van der Waals surface area contributed by atoms with Gasteiger partial charge in [0.05, 0.1) is 0 Å².